The molecular formula is C17H29N3O3. The van der Waals surface area contributed by atoms with Gasteiger partial charge in [-0.05, 0) is 45.1 Å². The highest BCUT2D eigenvalue weighted by atomic mass is 16.5. The van der Waals surface area contributed by atoms with Gasteiger partial charge in [-0.25, -0.2) is 0 Å². The van der Waals surface area contributed by atoms with Gasteiger partial charge in [0.2, 0.25) is 11.8 Å². The lowest BCUT2D eigenvalue weighted by atomic mass is 10.0. The van der Waals surface area contributed by atoms with Crippen molar-refractivity contribution in [2.24, 2.45) is 0 Å². The lowest BCUT2D eigenvalue weighted by Crippen LogP contribution is -2.51. The van der Waals surface area contributed by atoms with Crippen molar-refractivity contribution in [3.63, 3.8) is 0 Å². The van der Waals surface area contributed by atoms with Crippen molar-refractivity contribution in [1.82, 2.24) is 15.1 Å². The Kier molecular flexibility index (Phi) is 5.54. The molecule has 23 heavy (non-hydrogen) atoms. The number of hydrogen-bond donors (Lipinski definition) is 1. The van der Waals surface area contributed by atoms with E-state index in [1.54, 1.807) is 6.92 Å². The van der Waals surface area contributed by atoms with Crippen LogP contribution in [0.4, 0.5) is 0 Å². The minimum atomic E-state index is 0.121. The van der Waals surface area contributed by atoms with Crippen LogP contribution in [0.15, 0.2) is 0 Å². The van der Waals surface area contributed by atoms with E-state index in [1.165, 1.54) is 0 Å². The minimum absolute atomic E-state index is 0.121. The molecule has 3 rings (SSSR count). The number of carbonyl (C=O) groups is 2. The Morgan fingerprint density at radius 2 is 1.74 bits per heavy atom. The van der Waals surface area contributed by atoms with E-state index >= 15 is 0 Å². The number of hydrogen-bond acceptors (Lipinski definition) is 4. The van der Waals surface area contributed by atoms with Gasteiger partial charge < -0.3 is 15.0 Å². The topological polar surface area (TPSA) is 61.9 Å². The molecule has 3 saturated heterocycles. The summed E-state index contributed by atoms with van der Waals surface area (Å²) in [7, 11) is 0. The van der Waals surface area contributed by atoms with Gasteiger partial charge in [0, 0.05) is 44.8 Å². The number of ether oxygens (including phenoxy) is 1. The quantitative estimate of drug-likeness (QED) is 0.830. The summed E-state index contributed by atoms with van der Waals surface area (Å²) in [6.07, 6.45) is 6.20. The van der Waals surface area contributed by atoms with Crippen LogP contribution < -0.4 is 5.32 Å². The van der Waals surface area contributed by atoms with E-state index in [0.717, 1.165) is 64.8 Å². The first-order valence-corrected chi connectivity index (χ1v) is 9.03. The number of nitrogens with one attached hydrogen (secondary N) is 1. The van der Waals surface area contributed by atoms with Gasteiger partial charge in [0.25, 0.3) is 0 Å². The third kappa shape index (κ3) is 4.04. The third-order valence-electron chi connectivity index (χ3n) is 5.50. The Balaban J connectivity index is 1.54. The largest absolute Gasteiger partial charge is 0.381 e. The van der Waals surface area contributed by atoms with E-state index in [9.17, 15) is 9.59 Å². The van der Waals surface area contributed by atoms with E-state index in [0.29, 0.717) is 18.6 Å². The molecule has 0 aliphatic carbocycles. The maximum Gasteiger partial charge on any atom is 0.234 e. The predicted molar refractivity (Wildman–Crippen MR) is 87.0 cm³/mol. The Morgan fingerprint density at radius 1 is 1.04 bits per heavy atom. The molecule has 2 atom stereocenters. The maximum atomic E-state index is 12.4. The highest BCUT2D eigenvalue weighted by Gasteiger charge is 2.39. The van der Waals surface area contributed by atoms with Crippen molar-refractivity contribution in [2.45, 2.75) is 63.6 Å². The normalized spacial score (nSPS) is 29.9. The Bertz CT molecular complexity index is 437. The van der Waals surface area contributed by atoms with Gasteiger partial charge in [-0.2, -0.15) is 0 Å². The van der Waals surface area contributed by atoms with E-state index in [4.69, 9.17) is 4.74 Å². The summed E-state index contributed by atoms with van der Waals surface area (Å²) < 4.78 is 5.33. The van der Waals surface area contributed by atoms with Crippen LogP contribution in [0.1, 0.15) is 45.4 Å². The first kappa shape index (κ1) is 16.7. The number of nitrogens with zero attached hydrogens (tertiary/aromatic N) is 2. The number of likely N-dealkylation sites (tertiary alicyclic amines) is 2. The fraction of sp³-hybridized carbons (Fsp3) is 0.882. The van der Waals surface area contributed by atoms with Gasteiger partial charge in [-0.3, -0.25) is 14.5 Å². The zero-order chi connectivity index (χ0) is 16.2. The summed E-state index contributed by atoms with van der Waals surface area (Å²) in [6.45, 7) is 5.45. The van der Waals surface area contributed by atoms with Crippen LogP contribution in [-0.4, -0.2) is 72.6 Å². The van der Waals surface area contributed by atoms with Crippen LogP contribution in [0.25, 0.3) is 0 Å². The second-order valence-electron chi connectivity index (χ2n) is 7.06. The van der Waals surface area contributed by atoms with Crippen molar-refractivity contribution >= 4 is 11.8 Å². The molecule has 6 heteroatoms. The highest BCUT2D eigenvalue weighted by molar-refractivity contribution is 5.78. The van der Waals surface area contributed by atoms with Crippen molar-refractivity contribution in [2.75, 3.05) is 32.8 Å². The summed E-state index contributed by atoms with van der Waals surface area (Å²) in [6, 6.07) is 0.908. The van der Waals surface area contributed by atoms with Crippen LogP contribution in [0, 0.1) is 0 Å². The first-order valence-electron chi connectivity index (χ1n) is 9.03. The first-order chi connectivity index (χ1) is 11.1. The van der Waals surface area contributed by atoms with Gasteiger partial charge >= 0.3 is 0 Å². The van der Waals surface area contributed by atoms with Gasteiger partial charge in [0.1, 0.15) is 0 Å². The van der Waals surface area contributed by atoms with Crippen molar-refractivity contribution < 1.29 is 14.3 Å². The molecule has 3 fully saturated rings. The van der Waals surface area contributed by atoms with Crippen molar-refractivity contribution in [3.8, 4) is 0 Å². The molecule has 6 nitrogen and oxygen atoms in total. The molecular weight excluding hydrogens is 294 g/mol. The standard InChI is InChI=1S/C17H29N3O3/c1-13(21)20-9-3-5-16(20)15-4-2-8-19(15)12-17(22)18-14-6-10-23-11-7-14/h14-16H,2-12H2,1H3,(H,18,22)/t15-,16+/m1/s1. The van der Waals surface area contributed by atoms with Crippen molar-refractivity contribution in [3.05, 3.63) is 0 Å². The van der Waals surface area contributed by atoms with Crippen molar-refractivity contribution in [1.29, 1.82) is 0 Å². The van der Waals surface area contributed by atoms with Crippen LogP contribution in [-0.2, 0) is 14.3 Å². The van der Waals surface area contributed by atoms with Gasteiger partial charge in [-0.15, -0.1) is 0 Å². The zero-order valence-electron chi connectivity index (χ0n) is 14.1. The lowest BCUT2D eigenvalue weighted by molar-refractivity contribution is -0.130. The summed E-state index contributed by atoms with van der Waals surface area (Å²) >= 11 is 0. The fourth-order valence-corrected chi connectivity index (χ4v) is 4.37. The Labute approximate surface area is 138 Å². The summed E-state index contributed by atoms with van der Waals surface area (Å²) in [5, 5.41) is 3.15. The van der Waals surface area contributed by atoms with E-state index < -0.39 is 0 Å². The summed E-state index contributed by atoms with van der Waals surface area (Å²) in [4.78, 5) is 28.5. The second kappa shape index (κ2) is 7.62. The lowest BCUT2D eigenvalue weighted by Gasteiger charge is -2.34. The summed E-state index contributed by atoms with van der Waals surface area (Å²) in [5.41, 5.74) is 0. The molecule has 0 radical (unpaired) electrons. The molecule has 0 bridgehead atoms. The average Bonchev–Trinajstić information content (AvgIpc) is 3.16. The number of amides is 2. The average molecular weight is 323 g/mol. The highest BCUT2D eigenvalue weighted by Crippen LogP contribution is 2.29. The molecule has 0 aromatic carbocycles. The second-order valence-corrected chi connectivity index (χ2v) is 7.06. The molecule has 130 valence electrons. The van der Waals surface area contributed by atoms with E-state index in [2.05, 4.69) is 10.2 Å². The molecule has 0 aromatic heterocycles. The zero-order valence-corrected chi connectivity index (χ0v) is 14.1. The monoisotopic (exact) mass is 323 g/mol. The SMILES string of the molecule is CC(=O)N1CCC[C@H]1[C@H]1CCCN1CC(=O)NC1CCOCC1. The molecule has 1 N–H and O–H groups in total. The van der Waals surface area contributed by atoms with E-state index in [-0.39, 0.29) is 17.9 Å². The molecule has 0 unspecified atom stereocenters. The Hall–Kier alpha value is -1.14. The third-order valence-corrected chi connectivity index (χ3v) is 5.50. The molecule has 0 spiro atoms. The van der Waals surface area contributed by atoms with Crippen LogP contribution in [0.2, 0.25) is 0 Å². The molecule has 3 aliphatic heterocycles. The van der Waals surface area contributed by atoms with Gasteiger partial charge in [0.15, 0.2) is 0 Å². The minimum Gasteiger partial charge on any atom is -0.381 e. The number of carbonyl (C=O) groups excluding carboxylic acids is 2. The summed E-state index contributed by atoms with van der Waals surface area (Å²) in [5.74, 6) is 0.294. The van der Waals surface area contributed by atoms with Crippen LogP contribution in [0.5, 0.6) is 0 Å². The molecule has 3 heterocycles. The molecule has 2 amide bonds. The van der Waals surface area contributed by atoms with E-state index in [1.807, 2.05) is 4.90 Å². The fourth-order valence-electron chi connectivity index (χ4n) is 4.37. The Morgan fingerprint density at radius 3 is 2.48 bits per heavy atom. The van der Waals surface area contributed by atoms with Gasteiger partial charge in [-0.1, -0.05) is 0 Å². The molecule has 0 aromatic rings. The predicted octanol–water partition coefficient (Wildman–Crippen LogP) is 0.757. The smallest absolute Gasteiger partial charge is 0.234 e. The van der Waals surface area contributed by atoms with Crippen LogP contribution in [0.3, 0.4) is 0 Å². The maximum absolute atomic E-state index is 12.4. The van der Waals surface area contributed by atoms with Crippen LogP contribution >= 0.6 is 0 Å². The molecule has 0 saturated carbocycles. The van der Waals surface area contributed by atoms with Gasteiger partial charge in [0.05, 0.1) is 6.54 Å². The molecule has 3 aliphatic rings. The number of rotatable bonds is 4.